The third-order valence-electron chi connectivity index (χ3n) is 3.90. The predicted molar refractivity (Wildman–Crippen MR) is 75.0 cm³/mol. The van der Waals surface area contributed by atoms with Gasteiger partial charge in [-0.1, -0.05) is 30.4 Å². The number of rotatable bonds is 3. The first-order chi connectivity index (χ1) is 9.69. The zero-order valence-corrected chi connectivity index (χ0v) is 10.9. The lowest BCUT2D eigenvalue weighted by Gasteiger charge is -2.19. The van der Waals surface area contributed by atoms with Crippen LogP contribution in [-0.2, 0) is 14.3 Å². The first-order valence-electron chi connectivity index (χ1n) is 6.52. The van der Waals surface area contributed by atoms with Crippen LogP contribution in [0.5, 0.6) is 0 Å². The molecule has 20 heavy (non-hydrogen) atoms. The number of benzene rings is 1. The average Bonchev–Trinajstić information content (AvgIpc) is 2.97. The number of anilines is 1. The van der Waals surface area contributed by atoms with Crippen LogP contribution in [0.2, 0.25) is 0 Å². The number of nitrogens with zero attached hydrogens (tertiary/aromatic N) is 1. The largest absolute Gasteiger partial charge is 0.365 e. The molecule has 4 unspecified atom stereocenters. The molecule has 0 N–H and O–H groups in total. The maximum atomic E-state index is 12.6. The van der Waals surface area contributed by atoms with E-state index in [0.717, 1.165) is 0 Å². The van der Waals surface area contributed by atoms with Gasteiger partial charge in [0.2, 0.25) is 11.8 Å². The molecule has 0 radical (unpaired) electrons. The summed E-state index contributed by atoms with van der Waals surface area (Å²) in [6, 6.07) is 8.96. The van der Waals surface area contributed by atoms with Crippen LogP contribution in [0.25, 0.3) is 0 Å². The second kappa shape index (κ2) is 4.72. The number of ether oxygens (including phenoxy) is 1. The third kappa shape index (κ3) is 1.65. The van der Waals surface area contributed by atoms with E-state index in [1.54, 1.807) is 36.4 Å². The Kier molecular flexibility index (Phi) is 3.03. The van der Waals surface area contributed by atoms with E-state index in [1.165, 1.54) is 4.90 Å². The quantitative estimate of drug-likeness (QED) is 0.622. The zero-order valence-electron chi connectivity index (χ0n) is 10.9. The third-order valence-corrected chi connectivity index (χ3v) is 3.90. The van der Waals surface area contributed by atoms with Gasteiger partial charge in [0.05, 0.1) is 29.7 Å². The Morgan fingerprint density at radius 1 is 0.950 bits per heavy atom. The number of fused-ring (bicyclic) bond motifs is 1. The van der Waals surface area contributed by atoms with E-state index in [2.05, 4.69) is 13.2 Å². The minimum Gasteiger partial charge on any atom is -0.365 e. The fourth-order valence-electron chi connectivity index (χ4n) is 2.99. The Bertz CT molecular complexity index is 549. The zero-order chi connectivity index (χ0) is 14.3. The van der Waals surface area contributed by atoms with Crippen LogP contribution in [0.3, 0.4) is 0 Å². The number of amides is 2. The average molecular weight is 269 g/mol. The maximum absolute atomic E-state index is 12.6. The molecule has 2 aliphatic rings. The molecule has 4 nitrogen and oxygen atoms in total. The summed E-state index contributed by atoms with van der Waals surface area (Å²) < 4.78 is 5.65. The molecule has 2 saturated heterocycles. The van der Waals surface area contributed by atoms with Gasteiger partial charge < -0.3 is 4.74 Å². The lowest BCUT2D eigenvalue weighted by atomic mass is 9.89. The van der Waals surface area contributed by atoms with Crippen molar-refractivity contribution in [2.45, 2.75) is 12.2 Å². The number of hydrogen-bond acceptors (Lipinski definition) is 3. The summed E-state index contributed by atoms with van der Waals surface area (Å²) in [4.78, 5) is 26.4. The number of imide groups is 1. The fraction of sp³-hybridized carbons (Fsp3) is 0.250. The summed E-state index contributed by atoms with van der Waals surface area (Å²) in [6.45, 7) is 7.38. The Morgan fingerprint density at radius 2 is 1.45 bits per heavy atom. The van der Waals surface area contributed by atoms with Crippen molar-refractivity contribution in [1.82, 2.24) is 0 Å². The molecule has 0 bridgehead atoms. The highest BCUT2D eigenvalue weighted by Gasteiger charge is 2.58. The SMILES string of the molecule is C=CC1OC(C=C)C2C(=O)N(c3ccccc3)C(=O)C12. The van der Waals surface area contributed by atoms with E-state index in [4.69, 9.17) is 4.74 Å². The van der Waals surface area contributed by atoms with Crippen LogP contribution in [0.15, 0.2) is 55.6 Å². The molecule has 0 spiro atoms. The van der Waals surface area contributed by atoms with Crippen LogP contribution in [-0.4, -0.2) is 24.0 Å². The molecule has 2 aliphatic heterocycles. The van der Waals surface area contributed by atoms with E-state index in [0.29, 0.717) is 5.69 Å². The lowest BCUT2D eigenvalue weighted by Crippen LogP contribution is -2.35. The van der Waals surface area contributed by atoms with Gasteiger partial charge >= 0.3 is 0 Å². The molecular weight excluding hydrogens is 254 g/mol. The molecule has 4 heteroatoms. The number of carbonyl (C=O) groups excluding carboxylic acids is 2. The topological polar surface area (TPSA) is 46.6 Å². The molecule has 2 fully saturated rings. The van der Waals surface area contributed by atoms with Crippen LogP contribution < -0.4 is 4.90 Å². The van der Waals surface area contributed by atoms with E-state index in [9.17, 15) is 9.59 Å². The van der Waals surface area contributed by atoms with Crippen LogP contribution in [0.1, 0.15) is 0 Å². The summed E-state index contributed by atoms with van der Waals surface area (Å²) in [5.41, 5.74) is 0.600. The molecule has 0 aromatic heterocycles. The lowest BCUT2D eigenvalue weighted by molar-refractivity contribution is -0.124. The highest BCUT2D eigenvalue weighted by atomic mass is 16.5. The smallest absolute Gasteiger partial charge is 0.240 e. The highest BCUT2D eigenvalue weighted by molar-refractivity contribution is 6.22. The minimum absolute atomic E-state index is 0.222. The van der Waals surface area contributed by atoms with Gasteiger partial charge in [0.1, 0.15) is 0 Å². The second-order valence-corrected chi connectivity index (χ2v) is 4.94. The van der Waals surface area contributed by atoms with E-state index in [-0.39, 0.29) is 11.8 Å². The van der Waals surface area contributed by atoms with Gasteiger partial charge in [-0.2, -0.15) is 0 Å². The van der Waals surface area contributed by atoms with Gasteiger partial charge in [0, 0.05) is 0 Å². The van der Waals surface area contributed by atoms with Gasteiger partial charge in [0.25, 0.3) is 0 Å². The van der Waals surface area contributed by atoms with Crippen LogP contribution in [0, 0.1) is 11.8 Å². The summed E-state index contributed by atoms with van der Waals surface area (Å²) in [7, 11) is 0. The molecule has 1 aromatic carbocycles. The summed E-state index contributed by atoms with van der Waals surface area (Å²) in [5.74, 6) is -1.44. The van der Waals surface area contributed by atoms with E-state index < -0.39 is 24.0 Å². The number of hydrogen-bond donors (Lipinski definition) is 0. The van der Waals surface area contributed by atoms with Gasteiger partial charge in [0.15, 0.2) is 0 Å². The van der Waals surface area contributed by atoms with Crippen molar-refractivity contribution < 1.29 is 14.3 Å². The molecule has 2 heterocycles. The van der Waals surface area contributed by atoms with Gasteiger partial charge in [-0.25, -0.2) is 4.90 Å². The molecule has 4 atom stereocenters. The van der Waals surface area contributed by atoms with Gasteiger partial charge in [-0.3, -0.25) is 9.59 Å². The van der Waals surface area contributed by atoms with E-state index in [1.807, 2.05) is 6.07 Å². The number of carbonyl (C=O) groups is 2. The second-order valence-electron chi connectivity index (χ2n) is 4.94. The van der Waals surface area contributed by atoms with Crippen molar-refractivity contribution in [1.29, 1.82) is 0 Å². The molecule has 102 valence electrons. The molecule has 1 aromatic rings. The molecular formula is C16H15NO3. The Balaban J connectivity index is 2.02. The molecule has 3 rings (SSSR count). The van der Waals surface area contributed by atoms with Crippen LogP contribution >= 0.6 is 0 Å². The normalized spacial score (nSPS) is 32.3. The Morgan fingerprint density at radius 3 is 1.90 bits per heavy atom. The van der Waals surface area contributed by atoms with Crippen molar-refractivity contribution in [2.24, 2.45) is 11.8 Å². The Labute approximate surface area is 117 Å². The van der Waals surface area contributed by atoms with Crippen molar-refractivity contribution >= 4 is 17.5 Å². The monoisotopic (exact) mass is 269 g/mol. The molecule has 0 aliphatic carbocycles. The van der Waals surface area contributed by atoms with E-state index >= 15 is 0 Å². The fourth-order valence-corrected chi connectivity index (χ4v) is 2.99. The standard InChI is InChI=1S/C16H15NO3/c1-3-11-13-14(12(4-2)20-11)16(19)17(15(13)18)10-8-6-5-7-9-10/h3-9,11-14H,1-2H2. The van der Waals surface area contributed by atoms with Crippen molar-refractivity contribution in [3.8, 4) is 0 Å². The first-order valence-corrected chi connectivity index (χ1v) is 6.52. The van der Waals surface area contributed by atoms with Crippen molar-refractivity contribution in [3.05, 3.63) is 55.6 Å². The predicted octanol–water partition coefficient (Wildman–Crippen LogP) is 1.93. The molecule has 2 amide bonds. The highest BCUT2D eigenvalue weighted by Crippen LogP contribution is 2.42. The molecule has 0 saturated carbocycles. The summed E-state index contributed by atoms with van der Waals surface area (Å²) in [6.07, 6.45) is 2.29. The van der Waals surface area contributed by atoms with Gasteiger partial charge in [-0.15, -0.1) is 13.2 Å². The minimum atomic E-state index is -0.497. The van der Waals surface area contributed by atoms with Gasteiger partial charge in [-0.05, 0) is 12.1 Å². The maximum Gasteiger partial charge on any atom is 0.240 e. The first kappa shape index (κ1) is 12.8. The number of para-hydroxylation sites is 1. The summed E-state index contributed by atoms with van der Waals surface area (Å²) >= 11 is 0. The van der Waals surface area contributed by atoms with Crippen molar-refractivity contribution in [2.75, 3.05) is 4.90 Å². The Hall–Kier alpha value is -2.20. The van der Waals surface area contributed by atoms with Crippen LogP contribution in [0.4, 0.5) is 5.69 Å². The van der Waals surface area contributed by atoms with Crippen molar-refractivity contribution in [3.63, 3.8) is 0 Å². The summed E-state index contributed by atoms with van der Waals surface area (Å²) in [5, 5.41) is 0.